The van der Waals surface area contributed by atoms with Crippen LogP contribution in [0.4, 0.5) is 0 Å². The van der Waals surface area contributed by atoms with E-state index in [1.165, 1.54) is 30.1 Å². The van der Waals surface area contributed by atoms with E-state index < -0.39 is 0 Å². The van der Waals surface area contributed by atoms with Crippen molar-refractivity contribution in [3.05, 3.63) is 24.3 Å². The van der Waals surface area contributed by atoms with Crippen molar-refractivity contribution in [3.8, 4) is 0 Å². The molecule has 0 heterocycles. The highest BCUT2D eigenvalue weighted by Crippen LogP contribution is 2.03. The molecule has 0 aliphatic carbocycles. The van der Waals surface area contributed by atoms with Crippen molar-refractivity contribution >= 4 is 22.6 Å². The molecule has 0 aliphatic rings. The van der Waals surface area contributed by atoms with E-state index in [1.807, 2.05) is 0 Å². The quantitative estimate of drug-likeness (QED) is 0.258. The number of unbranched alkanes of at least 4 members (excludes halogenated alkanes) is 3. The summed E-state index contributed by atoms with van der Waals surface area (Å²) in [6, 6.07) is 0. The highest BCUT2D eigenvalue weighted by atomic mass is 127. The SMILES string of the molecule is CCC=CCC=CCCCCCI. The topological polar surface area (TPSA) is 0 Å². The van der Waals surface area contributed by atoms with Gasteiger partial charge in [0.25, 0.3) is 0 Å². The Labute approximate surface area is 96.6 Å². The number of halogens is 1. The number of allylic oxidation sites excluding steroid dienone is 4. The maximum absolute atomic E-state index is 2.44. The highest BCUT2D eigenvalue weighted by molar-refractivity contribution is 14.1. The van der Waals surface area contributed by atoms with E-state index in [9.17, 15) is 0 Å². The Balaban J connectivity index is 3.08. The molecule has 0 atom stereocenters. The van der Waals surface area contributed by atoms with Gasteiger partial charge in [-0.15, -0.1) is 0 Å². The Hall–Kier alpha value is 0.210. The molecular formula is C12H21I. The van der Waals surface area contributed by atoms with Gasteiger partial charge in [-0.25, -0.2) is 0 Å². The van der Waals surface area contributed by atoms with Crippen LogP contribution in [0, 0.1) is 0 Å². The Bertz CT molecular complexity index is 136. The van der Waals surface area contributed by atoms with Crippen LogP contribution in [0.15, 0.2) is 24.3 Å². The Morgan fingerprint density at radius 2 is 1.69 bits per heavy atom. The van der Waals surface area contributed by atoms with Gasteiger partial charge in [0.2, 0.25) is 0 Å². The summed E-state index contributed by atoms with van der Waals surface area (Å²) in [5.41, 5.74) is 0. The maximum atomic E-state index is 2.44. The fourth-order valence-corrected chi connectivity index (χ4v) is 1.63. The summed E-state index contributed by atoms with van der Waals surface area (Å²) in [6.07, 6.45) is 16.7. The van der Waals surface area contributed by atoms with Crippen LogP contribution in [0.3, 0.4) is 0 Å². The smallest absolute Gasteiger partial charge is 0.000473 e. The molecule has 0 saturated carbocycles. The summed E-state index contributed by atoms with van der Waals surface area (Å²) in [7, 11) is 0. The first-order valence-electron chi connectivity index (χ1n) is 5.27. The summed E-state index contributed by atoms with van der Waals surface area (Å²) in [5.74, 6) is 0. The van der Waals surface area contributed by atoms with Gasteiger partial charge < -0.3 is 0 Å². The second kappa shape index (κ2) is 12.2. The minimum Gasteiger partial charge on any atom is -0.0885 e. The van der Waals surface area contributed by atoms with Crippen molar-refractivity contribution in [2.45, 2.75) is 45.4 Å². The van der Waals surface area contributed by atoms with E-state index in [0.29, 0.717) is 0 Å². The molecule has 0 spiro atoms. The lowest BCUT2D eigenvalue weighted by Crippen LogP contribution is -1.75. The normalized spacial score (nSPS) is 11.8. The van der Waals surface area contributed by atoms with Gasteiger partial charge in [-0.05, 0) is 36.5 Å². The fourth-order valence-electron chi connectivity index (χ4n) is 1.09. The van der Waals surface area contributed by atoms with Gasteiger partial charge in [0, 0.05) is 0 Å². The average molecular weight is 292 g/mol. The molecule has 0 aliphatic heterocycles. The molecule has 0 rings (SSSR count). The van der Waals surface area contributed by atoms with Crippen LogP contribution in [0.2, 0.25) is 0 Å². The van der Waals surface area contributed by atoms with Crippen molar-refractivity contribution in [1.82, 2.24) is 0 Å². The second-order valence-electron chi connectivity index (χ2n) is 3.13. The highest BCUT2D eigenvalue weighted by Gasteiger charge is 1.83. The Morgan fingerprint density at radius 3 is 2.38 bits per heavy atom. The summed E-state index contributed by atoms with van der Waals surface area (Å²) in [6.45, 7) is 2.17. The number of hydrogen-bond acceptors (Lipinski definition) is 0. The molecular weight excluding hydrogens is 271 g/mol. The first-order chi connectivity index (χ1) is 6.41. The van der Waals surface area contributed by atoms with Crippen LogP contribution in [-0.4, -0.2) is 4.43 Å². The molecule has 0 N–H and O–H groups in total. The minimum absolute atomic E-state index is 1.11. The van der Waals surface area contributed by atoms with Crippen LogP contribution < -0.4 is 0 Å². The zero-order chi connectivity index (χ0) is 9.78. The van der Waals surface area contributed by atoms with Gasteiger partial charge in [-0.2, -0.15) is 0 Å². The third-order valence-corrected chi connectivity index (χ3v) is 2.61. The Morgan fingerprint density at radius 1 is 0.923 bits per heavy atom. The predicted molar refractivity (Wildman–Crippen MR) is 70.5 cm³/mol. The third-order valence-electron chi connectivity index (χ3n) is 1.85. The van der Waals surface area contributed by atoms with E-state index in [4.69, 9.17) is 0 Å². The first-order valence-corrected chi connectivity index (χ1v) is 6.80. The molecule has 0 bridgehead atoms. The number of hydrogen-bond donors (Lipinski definition) is 0. The molecule has 0 saturated heterocycles. The maximum Gasteiger partial charge on any atom is -0.000473 e. The molecule has 1 heteroatoms. The van der Waals surface area contributed by atoms with Crippen LogP contribution >= 0.6 is 22.6 Å². The summed E-state index contributed by atoms with van der Waals surface area (Å²) < 4.78 is 1.31. The number of rotatable bonds is 8. The molecule has 0 unspecified atom stereocenters. The van der Waals surface area contributed by atoms with Crippen LogP contribution in [0.1, 0.15) is 45.4 Å². The van der Waals surface area contributed by atoms with Crippen LogP contribution in [0.25, 0.3) is 0 Å². The molecule has 0 aromatic carbocycles. The largest absolute Gasteiger partial charge is 0.0885 e. The molecule has 0 aromatic rings. The van der Waals surface area contributed by atoms with Crippen LogP contribution in [-0.2, 0) is 0 Å². The third kappa shape index (κ3) is 12.2. The van der Waals surface area contributed by atoms with Gasteiger partial charge in [-0.3, -0.25) is 0 Å². The van der Waals surface area contributed by atoms with Gasteiger partial charge in [0.1, 0.15) is 0 Å². The lowest BCUT2D eigenvalue weighted by Gasteiger charge is -1.92. The van der Waals surface area contributed by atoms with Crippen molar-refractivity contribution in [3.63, 3.8) is 0 Å². The van der Waals surface area contributed by atoms with Gasteiger partial charge in [0.15, 0.2) is 0 Å². The molecule has 76 valence electrons. The molecule has 0 nitrogen and oxygen atoms in total. The van der Waals surface area contributed by atoms with Gasteiger partial charge >= 0.3 is 0 Å². The monoisotopic (exact) mass is 292 g/mol. The van der Waals surface area contributed by atoms with E-state index in [-0.39, 0.29) is 0 Å². The van der Waals surface area contributed by atoms with Gasteiger partial charge in [0.05, 0.1) is 0 Å². The minimum atomic E-state index is 1.11. The molecule has 0 fully saturated rings. The zero-order valence-electron chi connectivity index (χ0n) is 8.64. The van der Waals surface area contributed by atoms with Crippen LogP contribution in [0.5, 0.6) is 0 Å². The van der Waals surface area contributed by atoms with Gasteiger partial charge in [-0.1, -0.05) is 60.2 Å². The lowest BCUT2D eigenvalue weighted by molar-refractivity contribution is 0.738. The molecule has 13 heavy (non-hydrogen) atoms. The lowest BCUT2D eigenvalue weighted by atomic mass is 10.2. The standard InChI is InChI=1S/C12H21I/c1-2-3-4-5-6-7-8-9-10-11-12-13/h3-4,6-7H,2,5,8-12H2,1H3. The molecule has 0 radical (unpaired) electrons. The van der Waals surface area contributed by atoms with Crippen molar-refractivity contribution in [2.24, 2.45) is 0 Å². The second-order valence-corrected chi connectivity index (χ2v) is 4.20. The Kier molecular flexibility index (Phi) is 12.4. The van der Waals surface area contributed by atoms with Crippen molar-refractivity contribution in [2.75, 3.05) is 4.43 Å². The predicted octanol–water partition coefficient (Wildman–Crippen LogP) is 4.89. The van der Waals surface area contributed by atoms with E-state index >= 15 is 0 Å². The summed E-state index contributed by atoms with van der Waals surface area (Å²) >= 11 is 2.44. The first kappa shape index (κ1) is 13.2. The van der Waals surface area contributed by atoms with E-state index in [1.54, 1.807) is 0 Å². The van der Waals surface area contributed by atoms with E-state index in [2.05, 4.69) is 53.8 Å². The average Bonchev–Trinajstić information content (AvgIpc) is 2.16. The van der Waals surface area contributed by atoms with Crippen molar-refractivity contribution < 1.29 is 0 Å². The zero-order valence-corrected chi connectivity index (χ0v) is 10.8. The fraction of sp³-hybridized carbons (Fsp3) is 0.667. The summed E-state index contributed by atoms with van der Waals surface area (Å²) in [4.78, 5) is 0. The molecule has 0 amide bonds. The number of alkyl halides is 1. The molecule has 0 aromatic heterocycles. The summed E-state index contributed by atoms with van der Waals surface area (Å²) in [5, 5.41) is 0. The van der Waals surface area contributed by atoms with Crippen molar-refractivity contribution in [1.29, 1.82) is 0 Å². The van der Waals surface area contributed by atoms with E-state index in [0.717, 1.165) is 12.8 Å².